The molecular weight excluding hydrogens is 424 g/mol. The molecule has 0 aliphatic heterocycles. The van der Waals surface area contributed by atoms with Gasteiger partial charge in [-0.15, -0.1) is 0 Å². The van der Waals surface area contributed by atoms with Crippen LogP contribution in [0.2, 0.25) is 0 Å². The molecule has 1 aromatic heterocycles. The number of benzene rings is 2. The van der Waals surface area contributed by atoms with Gasteiger partial charge in [-0.3, -0.25) is 9.78 Å². The smallest absolute Gasteiger partial charge is 0.409 e. The largest absolute Gasteiger partial charge is 0.494 e. The first-order valence-electron chi connectivity index (χ1n) is 10.9. The topological polar surface area (TPSA) is 82.6 Å². The van der Waals surface area contributed by atoms with Crippen molar-refractivity contribution in [2.45, 2.75) is 45.6 Å². The van der Waals surface area contributed by atoms with Crippen molar-refractivity contribution in [2.75, 3.05) is 13.7 Å². The zero-order chi connectivity index (χ0) is 22.9. The second-order valence-electron chi connectivity index (χ2n) is 7.89. The van der Waals surface area contributed by atoms with Crippen LogP contribution in [0.15, 0.2) is 53.3 Å². The molecule has 7 heteroatoms. The number of nitrogens with one attached hydrogen (secondary N) is 1. The molecule has 0 atom stereocenters. The number of unbranched alkanes of at least 4 members (excludes halogenated alkanes) is 3. The van der Waals surface area contributed by atoms with E-state index in [0.717, 1.165) is 59.3 Å². The summed E-state index contributed by atoms with van der Waals surface area (Å²) >= 11 is 1.02. The molecule has 1 amide bonds. The summed E-state index contributed by atoms with van der Waals surface area (Å²) in [6, 6.07) is 16.1. The molecule has 0 fully saturated rings. The number of thiazole rings is 1. The van der Waals surface area contributed by atoms with E-state index < -0.39 is 0 Å². The Kier molecular flexibility index (Phi) is 8.50. The van der Waals surface area contributed by atoms with Crippen LogP contribution in [0, 0.1) is 0 Å². The van der Waals surface area contributed by atoms with Gasteiger partial charge in [-0.05, 0) is 34.7 Å². The quantitative estimate of drug-likeness (QED) is 0.394. The molecule has 170 valence electrons. The first-order chi connectivity index (χ1) is 15.5. The summed E-state index contributed by atoms with van der Waals surface area (Å²) in [6.07, 6.45) is 4.51. The summed E-state index contributed by atoms with van der Waals surface area (Å²) in [5.41, 5.74) is 4.16. The Balaban J connectivity index is 1.58. The fourth-order valence-electron chi connectivity index (χ4n) is 3.46. The van der Waals surface area contributed by atoms with E-state index in [1.807, 2.05) is 42.5 Å². The summed E-state index contributed by atoms with van der Waals surface area (Å²) < 4.78 is 5.36. The summed E-state index contributed by atoms with van der Waals surface area (Å²) in [5, 5.41) is 9.77. The molecule has 6 nitrogen and oxygen atoms in total. The highest BCUT2D eigenvalue weighted by atomic mass is 32.1. The van der Waals surface area contributed by atoms with Gasteiger partial charge in [-0.2, -0.15) is 0 Å². The number of amides is 1. The minimum absolute atomic E-state index is 0.0552. The molecule has 0 aliphatic rings. The normalized spacial score (nSPS) is 10.8. The number of carbonyl (C=O) groups excluding carboxylic acids is 1. The van der Waals surface area contributed by atoms with Crippen LogP contribution < -0.4 is 4.87 Å². The number of rotatable bonds is 10. The van der Waals surface area contributed by atoms with Crippen molar-refractivity contribution in [3.63, 3.8) is 0 Å². The molecule has 0 bridgehead atoms. The van der Waals surface area contributed by atoms with Crippen molar-refractivity contribution in [1.29, 1.82) is 0 Å². The molecule has 1 heterocycles. The molecule has 0 unspecified atom stereocenters. The van der Waals surface area contributed by atoms with Crippen LogP contribution in [0.1, 0.15) is 48.6 Å². The van der Waals surface area contributed by atoms with Crippen LogP contribution in [0.25, 0.3) is 11.1 Å². The minimum Gasteiger partial charge on any atom is -0.494 e. The average Bonchev–Trinajstić information content (AvgIpc) is 3.10. The summed E-state index contributed by atoms with van der Waals surface area (Å²) in [6.45, 7) is 3.10. The first kappa shape index (κ1) is 23.6. The van der Waals surface area contributed by atoms with Crippen LogP contribution in [-0.4, -0.2) is 34.7 Å². The SMILES string of the molecule is CCCCCCOC(=O)N(C)Cc1cccc(-c2ccc(Cc3sc(=O)[nH]c3O)cc2)c1. The van der Waals surface area contributed by atoms with Crippen LogP contribution in [-0.2, 0) is 17.7 Å². The third-order valence-electron chi connectivity index (χ3n) is 5.23. The van der Waals surface area contributed by atoms with Crippen LogP contribution in [0.5, 0.6) is 5.88 Å². The lowest BCUT2D eigenvalue weighted by molar-refractivity contribution is 0.107. The number of hydrogen-bond donors (Lipinski definition) is 2. The molecule has 0 radical (unpaired) electrons. The zero-order valence-electron chi connectivity index (χ0n) is 18.6. The molecule has 2 N–H and O–H groups in total. The lowest BCUT2D eigenvalue weighted by Gasteiger charge is -2.17. The highest BCUT2D eigenvalue weighted by Gasteiger charge is 2.11. The van der Waals surface area contributed by atoms with Crippen molar-refractivity contribution in [2.24, 2.45) is 0 Å². The highest BCUT2D eigenvalue weighted by Crippen LogP contribution is 2.24. The Labute approximate surface area is 192 Å². The first-order valence-corrected chi connectivity index (χ1v) is 11.7. The third-order valence-corrected chi connectivity index (χ3v) is 6.11. The average molecular weight is 455 g/mol. The van der Waals surface area contributed by atoms with Gasteiger partial charge in [0.25, 0.3) is 0 Å². The fraction of sp³-hybridized carbons (Fsp3) is 0.360. The van der Waals surface area contributed by atoms with Gasteiger partial charge in [-0.25, -0.2) is 4.79 Å². The number of ether oxygens (including phenoxy) is 1. The van der Waals surface area contributed by atoms with Gasteiger partial charge >= 0.3 is 11.0 Å². The van der Waals surface area contributed by atoms with Gasteiger partial charge in [0.1, 0.15) is 0 Å². The Bertz CT molecular complexity index is 1070. The van der Waals surface area contributed by atoms with E-state index in [0.29, 0.717) is 24.4 Å². The van der Waals surface area contributed by atoms with E-state index in [1.54, 1.807) is 11.9 Å². The molecule has 0 spiro atoms. The van der Waals surface area contributed by atoms with E-state index in [2.05, 4.69) is 18.0 Å². The standard InChI is InChI=1S/C25H30N2O4S/c1-3-4-5-6-14-31-25(30)27(2)17-19-8-7-9-21(15-19)20-12-10-18(11-13-20)16-22-23(28)26-24(29)32-22/h7-13,15,28H,3-6,14,16-17H2,1-2H3,(H,26,29). The molecule has 0 saturated heterocycles. The second-order valence-corrected chi connectivity index (χ2v) is 8.96. The Morgan fingerprint density at radius 2 is 1.84 bits per heavy atom. The maximum atomic E-state index is 12.2. The van der Waals surface area contributed by atoms with Crippen molar-refractivity contribution < 1.29 is 14.6 Å². The summed E-state index contributed by atoms with van der Waals surface area (Å²) in [5.74, 6) is -0.0552. The molecule has 2 aromatic carbocycles. The summed E-state index contributed by atoms with van der Waals surface area (Å²) in [4.78, 5) is 27.9. The highest BCUT2D eigenvalue weighted by molar-refractivity contribution is 7.09. The van der Waals surface area contributed by atoms with E-state index in [-0.39, 0.29) is 16.8 Å². The number of nitrogens with zero attached hydrogens (tertiary/aromatic N) is 1. The molecule has 0 saturated carbocycles. The molecule has 0 aliphatic carbocycles. The number of aromatic nitrogens is 1. The Morgan fingerprint density at radius 3 is 2.53 bits per heavy atom. The van der Waals surface area contributed by atoms with Crippen molar-refractivity contribution >= 4 is 17.4 Å². The van der Waals surface area contributed by atoms with Gasteiger partial charge in [-0.1, -0.05) is 80.0 Å². The van der Waals surface area contributed by atoms with Gasteiger partial charge in [0.05, 0.1) is 11.5 Å². The van der Waals surface area contributed by atoms with E-state index in [4.69, 9.17) is 4.74 Å². The van der Waals surface area contributed by atoms with Crippen LogP contribution in [0.4, 0.5) is 4.79 Å². The van der Waals surface area contributed by atoms with E-state index in [1.165, 1.54) is 0 Å². The van der Waals surface area contributed by atoms with Gasteiger partial charge < -0.3 is 14.7 Å². The monoisotopic (exact) mass is 454 g/mol. The molecule has 3 rings (SSSR count). The predicted octanol–water partition coefficient (Wildman–Crippen LogP) is 5.55. The van der Waals surface area contributed by atoms with E-state index in [9.17, 15) is 14.7 Å². The van der Waals surface area contributed by atoms with Gasteiger partial charge in [0.15, 0.2) is 0 Å². The zero-order valence-corrected chi connectivity index (χ0v) is 19.4. The van der Waals surface area contributed by atoms with Gasteiger partial charge in [0.2, 0.25) is 5.88 Å². The number of aromatic amines is 1. The van der Waals surface area contributed by atoms with Crippen LogP contribution >= 0.6 is 11.3 Å². The van der Waals surface area contributed by atoms with E-state index >= 15 is 0 Å². The second kappa shape index (κ2) is 11.5. The molecule has 32 heavy (non-hydrogen) atoms. The third kappa shape index (κ3) is 6.72. The maximum Gasteiger partial charge on any atom is 0.409 e. The van der Waals surface area contributed by atoms with Gasteiger partial charge in [0, 0.05) is 20.0 Å². The van der Waals surface area contributed by atoms with Crippen molar-refractivity contribution in [1.82, 2.24) is 9.88 Å². The molecule has 3 aromatic rings. The number of carbonyl (C=O) groups is 1. The molecular formula is C25H30N2O4S. The van der Waals surface area contributed by atoms with Crippen molar-refractivity contribution in [3.8, 4) is 17.0 Å². The predicted molar refractivity (Wildman–Crippen MR) is 128 cm³/mol. The fourth-order valence-corrected chi connectivity index (χ4v) is 4.22. The lowest BCUT2D eigenvalue weighted by atomic mass is 10.0. The summed E-state index contributed by atoms with van der Waals surface area (Å²) in [7, 11) is 1.75. The lowest BCUT2D eigenvalue weighted by Crippen LogP contribution is -2.27. The minimum atomic E-state index is -0.299. The number of hydrogen-bond acceptors (Lipinski definition) is 5. The van der Waals surface area contributed by atoms with Crippen molar-refractivity contribution in [3.05, 3.63) is 74.2 Å². The van der Waals surface area contributed by atoms with Crippen LogP contribution in [0.3, 0.4) is 0 Å². The Hall–Kier alpha value is -3.06. The Morgan fingerprint density at radius 1 is 1.06 bits per heavy atom. The maximum absolute atomic E-state index is 12.2. The number of H-pyrrole nitrogens is 1. The number of aromatic hydroxyl groups is 1.